The van der Waals surface area contributed by atoms with Crippen LogP contribution in [-0.2, 0) is 4.79 Å². The molecule has 0 bridgehead atoms. The van der Waals surface area contributed by atoms with E-state index in [0.717, 1.165) is 6.42 Å². The van der Waals surface area contributed by atoms with Crippen molar-refractivity contribution in [3.8, 4) is 0 Å². The average molecular weight is 294 g/mol. The highest BCUT2D eigenvalue weighted by Gasteiger charge is 2.50. The molecule has 2 N–H and O–H groups in total. The van der Waals surface area contributed by atoms with Crippen LogP contribution in [0.2, 0.25) is 0 Å². The van der Waals surface area contributed by atoms with E-state index in [9.17, 15) is 18.0 Å². The van der Waals surface area contributed by atoms with Crippen LogP contribution in [0.1, 0.15) is 32.1 Å². The minimum atomic E-state index is -4.16. The summed E-state index contributed by atoms with van der Waals surface area (Å²) >= 11 is 4.96. The lowest BCUT2D eigenvalue weighted by atomic mass is 9.67. The Balaban J connectivity index is 1.98. The molecule has 0 aromatic heterocycles. The van der Waals surface area contributed by atoms with E-state index in [-0.39, 0.29) is 36.8 Å². The first kappa shape index (κ1) is 14.6. The highest BCUT2D eigenvalue weighted by Crippen LogP contribution is 2.44. The first-order valence-electron chi connectivity index (χ1n) is 6.43. The first-order valence-corrected chi connectivity index (χ1v) is 6.84. The number of hydrogen-bond acceptors (Lipinski definition) is 2. The zero-order valence-electron chi connectivity index (χ0n) is 10.5. The molecule has 2 rings (SSSR count). The lowest BCUT2D eigenvalue weighted by Gasteiger charge is -2.44. The summed E-state index contributed by atoms with van der Waals surface area (Å²) in [5.41, 5.74) is 4.86. The smallest absolute Gasteiger partial charge is 0.391 e. The van der Waals surface area contributed by atoms with Crippen molar-refractivity contribution in [3.05, 3.63) is 0 Å². The van der Waals surface area contributed by atoms with Gasteiger partial charge >= 0.3 is 6.18 Å². The zero-order chi connectivity index (χ0) is 14.3. The lowest BCUT2D eigenvalue weighted by molar-refractivity contribution is -0.187. The summed E-state index contributed by atoms with van der Waals surface area (Å²) in [5, 5.41) is 0. The van der Waals surface area contributed by atoms with Crippen molar-refractivity contribution in [3.63, 3.8) is 0 Å². The van der Waals surface area contributed by atoms with E-state index >= 15 is 0 Å². The van der Waals surface area contributed by atoms with Crippen molar-refractivity contribution < 1.29 is 18.0 Å². The Kier molecular flexibility index (Phi) is 3.77. The fourth-order valence-electron chi connectivity index (χ4n) is 2.81. The number of rotatable bonds is 2. The number of nitrogens with two attached hydrogens (primary N) is 1. The summed E-state index contributed by atoms with van der Waals surface area (Å²) in [4.78, 5) is 14.1. The molecule has 1 aliphatic heterocycles. The molecule has 1 saturated heterocycles. The number of carbonyl (C=O) groups excluding carboxylic acids is 1. The maximum Gasteiger partial charge on any atom is 0.391 e. The van der Waals surface area contributed by atoms with Crippen LogP contribution in [0.25, 0.3) is 0 Å². The number of amides is 1. The third-order valence-electron chi connectivity index (χ3n) is 4.33. The molecular formula is C12H17F3N2OS. The molecule has 1 heterocycles. The van der Waals surface area contributed by atoms with Gasteiger partial charge in [-0.3, -0.25) is 4.79 Å². The van der Waals surface area contributed by atoms with Crippen molar-refractivity contribution in [1.82, 2.24) is 4.90 Å². The van der Waals surface area contributed by atoms with Crippen molar-refractivity contribution in [1.29, 1.82) is 0 Å². The SMILES string of the molecule is NC(=S)C1(C(=O)N2CCC(C(F)(F)F)CC2)CCC1. The fourth-order valence-corrected chi connectivity index (χ4v) is 3.10. The third kappa shape index (κ3) is 2.57. The number of likely N-dealkylation sites (tertiary alicyclic amines) is 1. The maximum absolute atomic E-state index is 12.6. The van der Waals surface area contributed by atoms with E-state index in [1.807, 2.05) is 0 Å². The molecular weight excluding hydrogens is 277 g/mol. The monoisotopic (exact) mass is 294 g/mol. The van der Waals surface area contributed by atoms with Gasteiger partial charge in [0.15, 0.2) is 0 Å². The Labute approximate surface area is 115 Å². The summed E-state index contributed by atoms with van der Waals surface area (Å²) < 4.78 is 37.7. The number of piperidine rings is 1. The van der Waals surface area contributed by atoms with Crippen LogP contribution in [-0.4, -0.2) is 35.1 Å². The molecule has 2 fully saturated rings. The van der Waals surface area contributed by atoms with Gasteiger partial charge in [-0.2, -0.15) is 13.2 Å². The molecule has 1 aliphatic carbocycles. The normalized spacial score (nSPS) is 23.8. The second kappa shape index (κ2) is 4.92. The van der Waals surface area contributed by atoms with Crippen LogP contribution < -0.4 is 5.73 Å². The van der Waals surface area contributed by atoms with E-state index in [1.54, 1.807) is 0 Å². The Morgan fingerprint density at radius 1 is 1.26 bits per heavy atom. The predicted octanol–water partition coefficient (Wildman–Crippen LogP) is 2.24. The minimum Gasteiger partial charge on any atom is -0.392 e. The van der Waals surface area contributed by atoms with Crippen molar-refractivity contribution in [2.24, 2.45) is 17.1 Å². The number of nitrogens with zero attached hydrogens (tertiary/aromatic N) is 1. The molecule has 108 valence electrons. The fraction of sp³-hybridized carbons (Fsp3) is 0.833. The summed E-state index contributed by atoms with van der Waals surface area (Å²) in [6, 6.07) is 0. The molecule has 0 aromatic rings. The Bertz CT molecular complexity index is 385. The second-order valence-electron chi connectivity index (χ2n) is 5.41. The largest absolute Gasteiger partial charge is 0.392 e. The Hall–Kier alpha value is -0.850. The summed E-state index contributed by atoms with van der Waals surface area (Å²) in [5.74, 6) is -1.47. The lowest BCUT2D eigenvalue weighted by Crippen LogP contribution is -2.56. The van der Waals surface area contributed by atoms with Gasteiger partial charge in [0, 0.05) is 13.1 Å². The van der Waals surface area contributed by atoms with Gasteiger partial charge in [-0.05, 0) is 25.7 Å². The molecule has 0 atom stereocenters. The van der Waals surface area contributed by atoms with Gasteiger partial charge in [0.1, 0.15) is 0 Å². The second-order valence-corrected chi connectivity index (χ2v) is 5.85. The molecule has 1 amide bonds. The van der Waals surface area contributed by atoms with Crippen molar-refractivity contribution >= 4 is 23.1 Å². The van der Waals surface area contributed by atoms with Gasteiger partial charge in [0.2, 0.25) is 5.91 Å². The number of thiocarbonyl (C=S) groups is 1. The molecule has 0 unspecified atom stereocenters. The molecule has 19 heavy (non-hydrogen) atoms. The van der Waals surface area contributed by atoms with Gasteiger partial charge in [0.05, 0.1) is 16.3 Å². The minimum absolute atomic E-state index is 0.0251. The maximum atomic E-state index is 12.6. The topological polar surface area (TPSA) is 46.3 Å². The molecule has 0 radical (unpaired) electrons. The number of hydrogen-bond donors (Lipinski definition) is 1. The standard InChI is InChI=1S/C12H17F3N2OS/c13-12(14,15)8-2-6-17(7-3-8)10(18)11(9(16)19)4-1-5-11/h8H,1-7H2,(H2,16,19). The van der Waals surface area contributed by atoms with Gasteiger partial charge in [-0.15, -0.1) is 0 Å². The number of carbonyl (C=O) groups is 1. The van der Waals surface area contributed by atoms with Gasteiger partial charge < -0.3 is 10.6 Å². The van der Waals surface area contributed by atoms with Crippen LogP contribution in [0.3, 0.4) is 0 Å². The molecule has 2 aliphatic rings. The van der Waals surface area contributed by atoms with Gasteiger partial charge in [0.25, 0.3) is 0 Å². The van der Waals surface area contributed by atoms with E-state index in [2.05, 4.69) is 0 Å². The first-order chi connectivity index (χ1) is 8.77. The molecule has 0 spiro atoms. The van der Waals surface area contributed by atoms with Crippen LogP contribution in [0.15, 0.2) is 0 Å². The summed E-state index contributed by atoms with van der Waals surface area (Å²) in [6.45, 7) is 0.292. The Morgan fingerprint density at radius 2 is 1.79 bits per heavy atom. The summed E-state index contributed by atoms with van der Waals surface area (Å²) in [6.07, 6.45) is -2.07. The van der Waals surface area contributed by atoms with Crippen LogP contribution in [0.4, 0.5) is 13.2 Å². The third-order valence-corrected chi connectivity index (χ3v) is 4.72. The Morgan fingerprint density at radius 3 is 2.11 bits per heavy atom. The predicted molar refractivity (Wildman–Crippen MR) is 68.4 cm³/mol. The molecule has 3 nitrogen and oxygen atoms in total. The highest BCUT2D eigenvalue weighted by molar-refractivity contribution is 7.80. The van der Waals surface area contributed by atoms with E-state index < -0.39 is 17.5 Å². The van der Waals surface area contributed by atoms with E-state index in [4.69, 9.17) is 18.0 Å². The van der Waals surface area contributed by atoms with E-state index in [1.165, 1.54) is 4.90 Å². The van der Waals surface area contributed by atoms with Gasteiger partial charge in [-0.1, -0.05) is 18.6 Å². The number of alkyl halides is 3. The quantitative estimate of drug-likeness (QED) is 0.795. The van der Waals surface area contributed by atoms with Crippen molar-refractivity contribution in [2.75, 3.05) is 13.1 Å². The molecule has 1 saturated carbocycles. The zero-order valence-corrected chi connectivity index (χ0v) is 11.3. The van der Waals surface area contributed by atoms with E-state index in [0.29, 0.717) is 12.8 Å². The molecule has 0 aromatic carbocycles. The molecule has 7 heteroatoms. The van der Waals surface area contributed by atoms with Crippen LogP contribution in [0, 0.1) is 11.3 Å². The van der Waals surface area contributed by atoms with Gasteiger partial charge in [-0.25, -0.2) is 0 Å². The average Bonchev–Trinajstić information content (AvgIpc) is 2.25. The van der Waals surface area contributed by atoms with Crippen LogP contribution in [0.5, 0.6) is 0 Å². The highest BCUT2D eigenvalue weighted by atomic mass is 32.1. The van der Waals surface area contributed by atoms with Crippen molar-refractivity contribution in [2.45, 2.75) is 38.3 Å². The summed E-state index contributed by atoms with van der Waals surface area (Å²) in [7, 11) is 0. The van der Waals surface area contributed by atoms with Crippen LogP contribution >= 0.6 is 12.2 Å². The number of halogens is 3.